The van der Waals surface area contributed by atoms with Gasteiger partial charge in [-0.1, -0.05) is 24.3 Å². The number of hydrogen-bond donors (Lipinski definition) is 2. The number of pyridine rings is 1. The molecular formula is C13H11N5. The number of anilines is 2. The summed E-state index contributed by atoms with van der Waals surface area (Å²) in [7, 11) is 0. The van der Waals surface area contributed by atoms with E-state index in [9.17, 15) is 0 Å². The molecule has 0 spiro atoms. The SMILES string of the molecule is Nc1cc(-c2cncc3ccccc23)nc(N)n1. The predicted molar refractivity (Wildman–Crippen MR) is 71.6 cm³/mol. The van der Waals surface area contributed by atoms with Crippen LogP contribution >= 0.6 is 0 Å². The maximum Gasteiger partial charge on any atom is 0.222 e. The van der Waals surface area contributed by atoms with Crippen LogP contribution in [0.25, 0.3) is 22.0 Å². The van der Waals surface area contributed by atoms with Crippen LogP contribution in [0.5, 0.6) is 0 Å². The molecule has 0 radical (unpaired) electrons. The molecule has 0 aliphatic carbocycles. The van der Waals surface area contributed by atoms with Crippen LogP contribution in [0, 0.1) is 0 Å². The lowest BCUT2D eigenvalue weighted by atomic mass is 10.1. The minimum Gasteiger partial charge on any atom is -0.384 e. The van der Waals surface area contributed by atoms with Gasteiger partial charge in [0.1, 0.15) is 5.82 Å². The summed E-state index contributed by atoms with van der Waals surface area (Å²) >= 11 is 0. The normalized spacial score (nSPS) is 10.7. The lowest BCUT2D eigenvalue weighted by molar-refractivity contribution is 1.19. The molecule has 5 heteroatoms. The van der Waals surface area contributed by atoms with Crippen LogP contribution in [-0.2, 0) is 0 Å². The lowest BCUT2D eigenvalue weighted by Crippen LogP contribution is -2.00. The summed E-state index contributed by atoms with van der Waals surface area (Å²) in [5.74, 6) is 0.517. The molecule has 88 valence electrons. The number of nitrogens with zero attached hydrogens (tertiary/aromatic N) is 3. The topological polar surface area (TPSA) is 90.7 Å². The fourth-order valence-corrected chi connectivity index (χ4v) is 1.94. The fraction of sp³-hybridized carbons (Fsp3) is 0. The zero-order valence-corrected chi connectivity index (χ0v) is 9.54. The van der Waals surface area contributed by atoms with E-state index in [4.69, 9.17) is 11.5 Å². The third-order valence-electron chi connectivity index (χ3n) is 2.71. The smallest absolute Gasteiger partial charge is 0.222 e. The lowest BCUT2D eigenvalue weighted by Gasteiger charge is -2.06. The van der Waals surface area contributed by atoms with Crippen LogP contribution in [0.4, 0.5) is 11.8 Å². The highest BCUT2D eigenvalue weighted by Crippen LogP contribution is 2.27. The summed E-state index contributed by atoms with van der Waals surface area (Å²) in [4.78, 5) is 12.3. The van der Waals surface area contributed by atoms with E-state index in [0.29, 0.717) is 11.5 Å². The number of nitrogens with two attached hydrogens (primary N) is 2. The molecule has 1 aromatic carbocycles. The molecular weight excluding hydrogens is 226 g/mol. The van der Waals surface area contributed by atoms with E-state index in [-0.39, 0.29) is 5.95 Å². The molecule has 0 unspecified atom stereocenters. The van der Waals surface area contributed by atoms with Gasteiger partial charge in [0.25, 0.3) is 0 Å². The van der Waals surface area contributed by atoms with Gasteiger partial charge in [-0.05, 0) is 5.39 Å². The average Bonchev–Trinajstić information content (AvgIpc) is 2.37. The molecule has 18 heavy (non-hydrogen) atoms. The monoisotopic (exact) mass is 237 g/mol. The van der Waals surface area contributed by atoms with Crippen molar-refractivity contribution in [1.82, 2.24) is 15.0 Å². The Morgan fingerprint density at radius 3 is 2.61 bits per heavy atom. The molecule has 0 bridgehead atoms. The molecule has 0 amide bonds. The first-order valence-corrected chi connectivity index (χ1v) is 5.47. The summed E-state index contributed by atoms with van der Waals surface area (Å²) in [5, 5.41) is 2.11. The molecule has 0 fully saturated rings. The number of hydrogen-bond acceptors (Lipinski definition) is 5. The van der Waals surface area contributed by atoms with Crippen LogP contribution < -0.4 is 11.5 Å². The first kappa shape index (κ1) is 10.5. The summed E-state index contributed by atoms with van der Waals surface area (Å²) in [6, 6.07) is 9.65. The Morgan fingerprint density at radius 2 is 1.78 bits per heavy atom. The molecule has 2 aromatic heterocycles. The van der Waals surface area contributed by atoms with Crippen LogP contribution in [0.1, 0.15) is 0 Å². The van der Waals surface area contributed by atoms with E-state index in [1.807, 2.05) is 30.5 Å². The van der Waals surface area contributed by atoms with Gasteiger partial charge in [-0.2, -0.15) is 4.98 Å². The molecule has 0 atom stereocenters. The zero-order chi connectivity index (χ0) is 12.5. The van der Waals surface area contributed by atoms with Gasteiger partial charge in [-0.25, -0.2) is 4.98 Å². The fourth-order valence-electron chi connectivity index (χ4n) is 1.94. The molecule has 3 aromatic rings. The summed E-state index contributed by atoms with van der Waals surface area (Å²) < 4.78 is 0. The van der Waals surface area contributed by atoms with Crippen molar-refractivity contribution in [3.8, 4) is 11.3 Å². The van der Waals surface area contributed by atoms with Crippen molar-refractivity contribution in [2.45, 2.75) is 0 Å². The minimum absolute atomic E-state index is 0.165. The van der Waals surface area contributed by atoms with E-state index in [0.717, 1.165) is 16.3 Å². The van der Waals surface area contributed by atoms with E-state index in [1.165, 1.54) is 0 Å². The van der Waals surface area contributed by atoms with Gasteiger partial charge in [0, 0.05) is 29.4 Å². The highest BCUT2D eigenvalue weighted by atomic mass is 15.0. The van der Waals surface area contributed by atoms with Gasteiger partial charge in [0.15, 0.2) is 0 Å². The molecule has 5 nitrogen and oxygen atoms in total. The van der Waals surface area contributed by atoms with Crippen LogP contribution in [0.2, 0.25) is 0 Å². The van der Waals surface area contributed by atoms with Crippen molar-refractivity contribution in [2.75, 3.05) is 11.5 Å². The van der Waals surface area contributed by atoms with Crippen LogP contribution in [-0.4, -0.2) is 15.0 Å². The van der Waals surface area contributed by atoms with E-state index in [1.54, 1.807) is 12.3 Å². The van der Waals surface area contributed by atoms with Crippen molar-refractivity contribution >= 4 is 22.5 Å². The van der Waals surface area contributed by atoms with Crippen molar-refractivity contribution in [2.24, 2.45) is 0 Å². The second-order valence-corrected chi connectivity index (χ2v) is 3.94. The maximum atomic E-state index is 5.69. The Bertz CT molecular complexity index is 698. The van der Waals surface area contributed by atoms with Gasteiger partial charge in [0.2, 0.25) is 5.95 Å². The van der Waals surface area contributed by atoms with Crippen molar-refractivity contribution < 1.29 is 0 Å². The van der Waals surface area contributed by atoms with Gasteiger partial charge >= 0.3 is 0 Å². The average molecular weight is 237 g/mol. The Balaban J connectivity index is 2.31. The Hall–Kier alpha value is -2.69. The van der Waals surface area contributed by atoms with E-state index >= 15 is 0 Å². The first-order chi connectivity index (χ1) is 8.74. The molecule has 0 saturated carbocycles. The largest absolute Gasteiger partial charge is 0.384 e. The third kappa shape index (κ3) is 1.71. The molecule has 4 N–H and O–H groups in total. The van der Waals surface area contributed by atoms with Gasteiger partial charge in [0.05, 0.1) is 5.69 Å². The van der Waals surface area contributed by atoms with E-state index < -0.39 is 0 Å². The van der Waals surface area contributed by atoms with Crippen LogP contribution in [0.15, 0.2) is 42.7 Å². The van der Waals surface area contributed by atoms with Gasteiger partial charge in [-0.3, -0.25) is 4.98 Å². The number of benzene rings is 1. The highest BCUT2D eigenvalue weighted by molar-refractivity contribution is 5.95. The summed E-state index contributed by atoms with van der Waals surface area (Å²) in [5.41, 5.74) is 12.9. The Labute approximate surface area is 104 Å². The highest BCUT2D eigenvalue weighted by Gasteiger charge is 2.07. The second kappa shape index (κ2) is 3.96. The predicted octanol–water partition coefficient (Wildman–Crippen LogP) is 1.86. The summed E-state index contributed by atoms with van der Waals surface area (Å²) in [6.45, 7) is 0. The molecule has 2 heterocycles. The molecule has 0 saturated heterocycles. The quantitative estimate of drug-likeness (QED) is 0.674. The second-order valence-electron chi connectivity index (χ2n) is 3.94. The maximum absolute atomic E-state index is 5.69. The number of rotatable bonds is 1. The molecule has 0 aliphatic heterocycles. The van der Waals surface area contributed by atoms with Gasteiger partial charge in [-0.15, -0.1) is 0 Å². The van der Waals surface area contributed by atoms with Crippen molar-refractivity contribution in [3.05, 3.63) is 42.7 Å². The number of nitrogen functional groups attached to an aromatic ring is 2. The standard InChI is InChI=1S/C13H11N5/c14-12-5-11(17-13(15)18-12)10-7-16-6-8-3-1-2-4-9(8)10/h1-7H,(H4,14,15,17,18). The van der Waals surface area contributed by atoms with Crippen molar-refractivity contribution in [3.63, 3.8) is 0 Å². The number of aromatic nitrogens is 3. The third-order valence-corrected chi connectivity index (χ3v) is 2.71. The van der Waals surface area contributed by atoms with E-state index in [2.05, 4.69) is 15.0 Å². The van der Waals surface area contributed by atoms with Crippen LogP contribution in [0.3, 0.4) is 0 Å². The van der Waals surface area contributed by atoms with Gasteiger partial charge < -0.3 is 11.5 Å². The number of fused-ring (bicyclic) bond motifs is 1. The Morgan fingerprint density at radius 1 is 0.944 bits per heavy atom. The molecule has 0 aliphatic rings. The summed E-state index contributed by atoms with van der Waals surface area (Å²) in [6.07, 6.45) is 3.57. The zero-order valence-electron chi connectivity index (χ0n) is 9.54. The van der Waals surface area contributed by atoms with Crippen molar-refractivity contribution in [1.29, 1.82) is 0 Å². The Kier molecular flexibility index (Phi) is 2.30. The molecule has 3 rings (SSSR count). The minimum atomic E-state index is 0.165. The first-order valence-electron chi connectivity index (χ1n) is 5.47.